The van der Waals surface area contributed by atoms with Gasteiger partial charge in [0.15, 0.2) is 5.96 Å². The molecular weight excluding hydrogens is 470 g/mol. The van der Waals surface area contributed by atoms with Gasteiger partial charge in [0.25, 0.3) is 0 Å². The monoisotopic (exact) mass is 499 g/mol. The second-order valence-electron chi connectivity index (χ2n) is 6.90. The van der Waals surface area contributed by atoms with Crippen molar-refractivity contribution in [2.75, 3.05) is 33.9 Å². The van der Waals surface area contributed by atoms with Gasteiger partial charge in [-0.15, -0.1) is 24.0 Å². The van der Waals surface area contributed by atoms with Crippen molar-refractivity contribution in [2.24, 2.45) is 10.4 Å². The van der Waals surface area contributed by atoms with E-state index in [2.05, 4.69) is 10.3 Å². The summed E-state index contributed by atoms with van der Waals surface area (Å²) in [7, 11) is 3.60. The van der Waals surface area contributed by atoms with Crippen molar-refractivity contribution in [1.29, 1.82) is 0 Å². The number of halogens is 4. The van der Waals surface area contributed by atoms with Crippen molar-refractivity contribution in [3.8, 4) is 0 Å². The number of hydrogen-bond acceptors (Lipinski definition) is 2. The Morgan fingerprint density at radius 1 is 1.26 bits per heavy atom. The Bertz CT molecular complexity index is 601. The highest BCUT2D eigenvalue weighted by Crippen LogP contribution is 2.48. The van der Waals surface area contributed by atoms with Crippen LogP contribution < -0.4 is 5.32 Å². The quantitative estimate of drug-likeness (QED) is 0.247. The third kappa shape index (κ3) is 7.48. The van der Waals surface area contributed by atoms with Crippen molar-refractivity contribution >= 4 is 29.9 Å². The highest BCUT2D eigenvalue weighted by molar-refractivity contribution is 14.0. The minimum Gasteiger partial charge on any atom is -0.382 e. The topological polar surface area (TPSA) is 36.9 Å². The van der Waals surface area contributed by atoms with Gasteiger partial charge in [0.2, 0.25) is 0 Å². The molecule has 0 aromatic heterocycles. The Morgan fingerprint density at radius 2 is 1.89 bits per heavy atom. The van der Waals surface area contributed by atoms with Gasteiger partial charge < -0.3 is 15.0 Å². The zero-order valence-corrected chi connectivity index (χ0v) is 18.4. The largest absolute Gasteiger partial charge is 0.416 e. The lowest BCUT2D eigenvalue weighted by molar-refractivity contribution is -0.137. The molecule has 0 aliphatic heterocycles. The average molecular weight is 499 g/mol. The minimum absolute atomic E-state index is 0. The summed E-state index contributed by atoms with van der Waals surface area (Å²) in [5.74, 6) is 0.743. The van der Waals surface area contributed by atoms with Crippen molar-refractivity contribution < 1.29 is 17.9 Å². The fourth-order valence-corrected chi connectivity index (χ4v) is 2.92. The van der Waals surface area contributed by atoms with Gasteiger partial charge in [0.05, 0.1) is 5.56 Å². The van der Waals surface area contributed by atoms with Crippen LogP contribution in [0.15, 0.2) is 29.3 Å². The second kappa shape index (κ2) is 10.5. The fraction of sp³-hybridized carbons (Fsp3) is 0.632. The number of hydrogen-bond donors (Lipinski definition) is 1. The molecule has 8 heteroatoms. The zero-order chi connectivity index (χ0) is 19.2. The van der Waals surface area contributed by atoms with Gasteiger partial charge in [-0.05, 0) is 49.3 Å². The fourth-order valence-electron chi connectivity index (χ4n) is 2.92. The Morgan fingerprint density at radius 3 is 2.37 bits per heavy atom. The second-order valence-corrected chi connectivity index (χ2v) is 6.90. The van der Waals surface area contributed by atoms with E-state index in [1.165, 1.54) is 25.0 Å². The van der Waals surface area contributed by atoms with E-state index in [9.17, 15) is 13.2 Å². The molecule has 0 heterocycles. The van der Waals surface area contributed by atoms with Crippen LogP contribution in [-0.2, 0) is 17.5 Å². The molecular formula is C19H29F3IN3O. The van der Waals surface area contributed by atoms with Gasteiger partial charge in [0, 0.05) is 40.4 Å². The van der Waals surface area contributed by atoms with Gasteiger partial charge in [0.1, 0.15) is 0 Å². The molecule has 0 bridgehead atoms. The Labute approximate surface area is 176 Å². The summed E-state index contributed by atoms with van der Waals surface area (Å²) in [6, 6.07) is 5.26. The van der Waals surface area contributed by atoms with Gasteiger partial charge in [-0.25, -0.2) is 0 Å². The summed E-state index contributed by atoms with van der Waals surface area (Å²) in [5, 5.41) is 3.40. The standard InChI is InChI=1S/C19H28F3N3O.HI/c1-4-26-12-11-18(9-10-18)14-24-17(23-2)25(3)13-15-5-7-16(8-6-15)19(20,21)22;/h5-8H,4,9-14H2,1-3H3,(H,23,24);1H. The summed E-state index contributed by atoms with van der Waals surface area (Å²) in [5.41, 5.74) is 0.470. The number of aliphatic imine (C=N–C) groups is 1. The molecule has 0 unspecified atom stereocenters. The van der Waals surface area contributed by atoms with Crippen LogP contribution in [0.4, 0.5) is 13.2 Å². The average Bonchev–Trinajstić information content (AvgIpc) is 3.35. The van der Waals surface area contributed by atoms with Crippen molar-refractivity contribution in [2.45, 2.75) is 38.9 Å². The normalized spacial score (nSPS) is 15.9. The van der Waals surface area contributed by atoms with Crippen LogP contribution in [0.5, 0.6) is 0 Å². The molecule has 27 heavy (non-hydrogen) atoms. The summed E-state index contributed by atoms with van der Waals surface area (Å²) in [4.78, 5) is 6.21. The van der Waals surface area contributed by atoms with E-state index in [1.54, 1.807) is 7.05 Å². The number of ether oxygens (including phenoxy) is 1. The number of rotatable bonds is 8. The van der Waals surface area contributed by atoms with Crippen molar-refractivity contribution in [1.82, 2.24) is 10.2 Å². The minimum atomic E-state index is -4.30. The van der Waals surface area contributed by atoms with E-state index in [0.717, 1.165) is 49.8 Å². The molecule has 0 radical (unpaired) electrons. The maximum atomic E-state index is 12.6. The lowest BCUT2D eigenvalue weighted by Gasteiger charge is -2.25. The van der Waals surface area contributed by atoms with Crippen molar-refractivity contribution in [3.05, 3.63) is 35.4 Å². The van der Waals surface area contributed by atoms with E-state index in [0.29, 0.717) is 12.0 Å². The first kappa shape index (κ1) is 24.0. The van der Waals surface area contributed by atoms with Gasteiger partial charge >= 0.3 is 6.18 Å². The molecule has 1 N–H and O–H groups in total. The Hall–Kier alpha value is -1.03. The van der Waals surface area contributed by atoms with Crippen LogP contribution in [0.1, 0.15) is 37.3 Å². The molecule has 1 aliphatic rings. The molecule has 4 nitrogen and oxygen atoms in total. The molecule has 1 aliphatic carbocycles. The highest BCUT2D eigenvalue weighted by Gasteiger charge is 2.42. The molecule has 0 spiro atoms. The summed E-state index contributed by atoms with van der Waals surface area (Å²) < 4.78 is 43.4. The third-order valence-corrected chi connectivity index (χ3v) is 4.83. The summed E-state index contributed by atoms with van der Waals surface area (Å²) in [6.07, 6.45) is -0.894. The van der Waals surface area contributed by atoms with Gasteiger partial charge in [-0.1, -0.05) is 12.1 Å². The predicted octanol–water partition coefficient (Wildman–Crippen LogP) is 4.54. The van der Waals surface area contributed by atoms with Crippen LogP contribution in [0.2, 0.25) is 0 Å². The smallest absolute Gasteiger partial charge is 0.382 e. The molecule has 0 amide bonds. The predicted molar refractivity (Wildman–Crippen MR) is 112 cm³/mol. The lowest BCUT2D eigenvalue weighted by Crippen LogP contribution is -2.41. The number of benzene rings is 1. The zero-order valence-electron chi connectivity index (χ0n) is 16.1. The van der Waals surface area contributed by atoms with Crippen LogP contribution >= 0.6 is 24.0 Å². The van der Waals surface area contributed by atoms with Crippen LogP contribution in [-0.4, -0.2) is 44.7 Å². The maximum Gasteiger partial charge on any atom is 0.416 e. The molecule has 1 aromatic carbocycles. The number of nitrogens with one attached hydrogen (secondary N) is 1. The van der Waals surface area contributed by atoms with Crippen LogP contribution in [0, 0.1) is 5.41 Å². The first-order chi connectivity index (χ1) is 12.3. The Balaban J connectivity index is 0.00000364. The first-order valence-electron chi connectivity index (χ1n) is 8.95. The molecule has 2 rings (SSSR count). The van der Waals surface area contributed by atoms with Gasteiger partial charge in [-0.3, -0.25) is 4.99 Å². The van der Waals surface area contributed by atoms with Crippen LogP contribution in [0.3, 0.4) is 0 Å². The van der Waals surface area contributed by atoms with E-state index < -0.39 is 11.7 Å². The lowest BCUT2D eigenvalue weighted by atomic mass is 10.0. The number of alkyl halides is 3. The van der Waals surface area contributed by atoms with E-state index in [1.807, 2.05) is 18.9 Å². The van der Waals surface area contributed by atoms with E-state index in [-0.39, 0.29) is 24.0 Å². The van der Waals surface area contributed by atoms with Crippen molar-refractivity contribution in [3.63, 3.8) is 0 Å². The number of guanidine groups is 1. The first-order valence-corrected chi connectivity index (χ1v) is 8.95. The summed E-state index contributed by atoms with van der Waals surface area (Å²) >= 11 is 0. The maximum absolute atomic E-state index is 12.6. The molecule has 1 fully saturated rings. The molecule has 0 atom stereocenters. The van der Waals surface area contributed by atoms with E-state index in [4.69, 9.17) is 4.74 Å². The third-order valence-electron chi connectivity index (χ3n) is 4.83. The SMILES string of the molecule is CCOCCC1(CNC(=NC)N(C)Cc2ccc(C(F)(F)F)cc2)CC1.I. The summed E-state index contributed by atoms with van der Waals surface area (Å²) in [6.45, 7) is 4.84. The molecule has 1 aromatic rings. The molecule has 154 valence electrons. The Kier molecular flexibility index (Phi) is 9.33. The van der Waals surface area contributed by atoms with E-state index >= 15 is 0 Å². The highest BCUT2D eigenvalue weighted by atomic mass is 127. The van der Waals surface area contributed by atoms with Gasteiger partial charge in [-0.2, -0.15) is 13.2 Å². The number of nitrogens with zero attached hydrogens (tertiary/aromatic N) is 2. The molecule has 1 saturated carbocycles. The van der Waals surface area contributed by atoms with Crippen LogP contribution in [0.25, 0.3) is 0 Å². The molecule has 0 saturated heterocycles.